The molecule has 0 heterocycles. The predicted molar refractivity (Wildman–Crippen MR) is 67.9 cm³/mol. The van der Waals surface area contributed by atoms with Crippen LogP contribution in [0.4, 0.5) is 5.69 Å². The minimum absolute atomic E-state index is 0.0308. The standard InChI is InChI=1S/C12H19NO2Si/c1-14-12(15-2)16-10-6-9-13-11-7-4-3-5-8-11/h3-5,7-8,12-13H,6,9-10H2,1-2H3. The van der Waals surface area contributed by atoms with Crippen molar-refractivity contribution in [2.24, 2.45) is 0 Å². The minimum atomic E-state index is -0.0308. The lowest BCUT2D eigenvalue weighted by Crippen LogP contribution is -2.21. The third-order valence-corrected chi connectivity index (χ3v) is 3.64. The molecule has 0 spiro atoms. The molecule has 1 rings (SSSR count). The Morgan fingerprint density at radius 1 is 1.19 bits per heavy atom. The molecule has 0 atom stereocenters. The molecule has 2 radical (unpaired) electrons. The van der Waals surface area contributed by atoms with Gasteiger partial charge in [0.15, 0.2) is 0 Å². The van der Waals surface area contributed by atoms with Crippen LogP contribution < -0.4 is 5.32 Å². The van der Waals surface area contributed by atoms with E-state index in [0.29, 0.717) is 9.52 Å². The van der Waals surface area contributed by atoms with Crippen molar-refractivity contribution in [3.63, 3.8) is 0 Å². The first-order valence-electron chi connectivity index (χ1n) is 5.44. The molecule has 0 saturated carbocycles. The summed E-state index contributed by atoms with van der Waals surface area (Å²) in [4.78, 5) is 0. The van der Waals surface area contributed by atoms with Crippen molar-refractivity contribution in [3.05, 3.63) is 30.3 Å². The zero-order valence-electron chi connectivity index (χ0n) is 9.90. The van der Waals surface area contributed by atoms with E-state index >= 15 is 0 Å². The third kappa shape index (κ3) is 5.30. The highest BCUT2D eigenvalue weighted by Gasteiger charge is 2.04. The second-order valence-electron chi connectivity index (χ2n) is 3.40. The van der Waals surface area contributed by atoms with Gasteiger partial charge in [-0.2, -0.15) is 0 Å². The summed E-state index contributed by atoms with van der Waals surface area (Å²) in [5.74, 6) is -0.0308. The monoisotopic (exact) mass is 237 g/mol. The highest BCUT2D eigenvalue weighted by Crippen LogP contribution is 2.05. The Labute approximate surface area is 100.0 Å². The van der Waals surface area contributed by atoms with Crippen molar-refractivity contribution in [3.8, 4) is 0 Å². The zero-order valence-corrected chi connectivity index (χ0v) is 10.9. The van der Waals surface area contributed by atoms with Crippen LogP contribution >= 0.6 is 0 Å². The average Bonchev–Trinajstić information content (AvgIpc) is 2.35. The molecule has 0 bridgehead atoms. The van der Waals surface area contributed by atoms with Crippen LogP contribution in [0.3, 0.4) is 0 Å². The summed E-state index contributed by atoms with van der Waals surface area (Å²) in [6.07, 6.45) is 1.14. The highest BCUT2D eigenvalue weighted by atomic mass is 28.2. The van der Waals surface area contributed by atoms with E-state index in [0.717, 1.165) is 19.0 Å². The number of para-hydroxylation sites is 1. The van der Waals surface area contributed by atoms with E-state index in [9.17, 15) is 0 Å². The van der Waals surface area contributed by atoms with Gasteiger partial charge in [-0.25, -0.2) is 0 Å². The van der Waals surface area contributed by atoms with Gasteiger partial charge in [-0.3, -0.25) is 0 Å². The number of methoxy groups -OCH3 is 2. The first-order valence-corrected chi connectivity index (χ1v) is 6.73. The summed E-state index contributed by atoms with van der Waals surface area (Å²) in [5.41, 5.74) is 1.18. The van der Waals surface area contributed by atoms with Crippen LogP contribution in [-0.4, -0.2) is 36.2 Å². The molecule has 1 N–H and O–H groups in total. The molecule has 0 fully saturated rings. The van der Waals surface area contributed by atoms with E-state index < -0.39 is 0 Å². The van der Waals surface area contributed by atoms with Gasteiger partial charge in [-0.15, -0.1) is 0 Å². The number of hydrogen-bond donors (Lipinski definition) is 1. The van der Waals surface area contributed by atoms with Gasteiger partial charge in [0.2, 0.25) is 0 Å². The molecule has 16 heavy (non-hydrogen) atoms. The highest BCUT2D eigenvalue weighted by molar-refractivity contribution is 6.36. The van der Waals surface area contributed by atoms with E-state index in [-0.39, 0.29) is 5.91 Å². The van der Waals surface area contributed by atoms with Crippen molar-refractivity contribution in [2.75, 3.05) is 26.1 Å². The molecule has 4 heteroatoms. The maximum absolute atomic E-state index is 5.13. The summed E-state index contributed by atoms with van der Waals surface area (Å²) in [6.45, 7) is 0.997. The van der Waals surface area contributed by atoms with Crippen LogP contribution in [0.5, 0.6) is 0 Å². The molecule has 88 valence electrons. The van der Waals surface area contributed by atoms with Gasteiger partial charge in [0.25, 0.3) is 0 Å². The van der Waals surface area contributed by atoms with Crippen LogP contribution in [0.15, 0.2) is 30.3 Å². The number of nitrogens with one attached hydrogen (secondary N) is 1. The molecule has 0 saturated heterocycles. The fraction of sp³-hybridized carbons (Fsp3) is 0.500. The van der Waals surface area contributed by atoms with Crippen molar-refractivity contribution >= 4 is 15.2 Å². The van der Waals surface area contributed by atoms with Gasteiger partial charge < -0.3 is 14.8 Å². The molecule has 0 amide bonds. The lowest BCUT2D eigenvalue weighted by molar-refractivity contribution is -0.0441. The minimum Gasteiger partial charge on any atom is -0.385 e. The number of ether oxygens (including phenoxy) is 2. The molecule has 0 unspecified atom stereocenters. The first kappa shape index (κ1) is 13.2. The van der Waals surface area contributed by atoms with Crippen molar-refractivity contribution < 1.29 is 9.47 Å². The molecule has 3 nitrogen and oxygen atoms in total. The maximum Gasteiger partial charge on any atom is 0.136 e. The van der Waals surface area contributed by atoms with E-state index in [1.54, 1.807) is 14.2 Å². The van der Waals surface area contributed by atoms with Gasteiger partial charge in [0.05, 0.1) is 0 Å². The van der Waals surface area contributed by atoms with E-state index in [4.69, 9.17) is 9.47 Å². The Kier molecular flexibility index (Phi) is 6.88. The summed E-state index contributed by atoms with van der Waals surface area (Å²) in [5, 5.41) is 3.38. The third-order valence-electron chi connectivity index (χ3n) is 2.20. The van der Waals surface area contributed by atoms with Crippen LogP contribution in [0.2, 0.25) is 6.04 Å². The molecule has 1 aromatic rings. The Bertz CT molecular complexity index is 265. The predicted octanol–water partition coefficient (Wildman–Crippen LogP) is 2.19. The van der Waals surface area contributed by atoms with Crippen molar-refractivity contribution in [1.29, 1.82) is 0 Å². The number of hydrogen-bond acceptors (Lipinski definition) is 3. The van der Waals surface area contributed by atoms with Gasteiger partial charge in [0, 0.05) is 26.5 Å². The Morgan fingerprint density at radius 3 is 2.50 bits per heavy atom. The number of rotatable bonds is 8. The number of anilines is 1. The fourth-order valence-electron chi connectivity index (χ4n) is 1.36. The van der Waals surface area contributed by atoms with Gasteiger partial charge in [-0.05, 0) is 18.6 Å². The molecule has 1 aromatic carbocycles. The van der Waals surface area contributed by atoms with Gasteiger partial charge in [-0.1, -0.05) is 24.2 Å². The zero-order chi connectivity index (χ0) is 11.6. The molecule has 0 aliphatic rings. The molecular formula is C12H19NO2Si. The number of benzene rings is 1. The lowest BCUT2D eigenvalue weighted by Gasteiger charge is -2.12. The van der Waals surface area contributed by atoms with E-state index in [2.05, 4.69) is 17.4 Å². The quantitative estimate of drug-likeness (QED) is 0.427. The Balaban J connectivity index is 2.04. The average molecular weight is 237 g/mol. The summed E-state index contributed by atoms with van der Waals surface area (Å²) >= 11 is 0. The fourth-order valence-corrected chi connectivity index (χ4v) is 2.31. The van der Waals surface area contributed by atoms with Gasteiger partial charge in [0.1, 0.15) is 15.4 Å². The Morgan fingerprint density at radius 2 is 1.88 bits per heavy atom. The van der Waals surface area contributed by atoms with E-state index in [1.807, 2.05) is 18.2 Å². The van der Waals surface area contributed by atoms with Crippen molar-refractivity contribution in [1.82, 2.24) is 0 Å². The largest absolute Gasteiger partial charge is 0.385 e. The molecule has 0 aromatic heterocycles. The second kappa shape index (κ2) is 8.33. The van der Waals surface area contributed by atoms with Crippen molar-refractivity contribution in [2.45, 2.75) is 18.4 Å². The second-order valence-corrected chi connectivity index (χ2v) is 4.78. The maximum atomic E-state index is 5.13. The van der Waals surface area contributed by atoms with Crippen LogP contribution in [0, 0.1) is 0 Å². The SMILES string of the molecule is COC(OC)[Si]CCCNc1ccccc1. The normalized spacial score (nSPS) is 10.7. The van der Waals surface area contributed by atoms with Gasteiger partial charge >= 0.3 is 0 Å². The summed E-state index contributed by atoms with van der Waals surface area (Å²) in [7, 11) is 4.07. The molecule has 0 aliphatic carbocycles. The molecule has 0 aliphatic heterocycles. The van der Waals surface area contributed by atoms with Crippen LogP contribution in [-0.2, 0) is 9.47 Å². The molecular weight excluding hydrogens is 218 g/mol. The summed E-state index contributed by atoms with van der Waals surface area (Å²) in [6, 6.07) is 11.4. The van der Waals surface area contributed by atoms with Crippen LogP contribution in [0.25, 0.3) is 0 Å². The summed E-state index contributed by atoms with van der Waals surface area (Å²) < 4.78 is 10.3. The van der Waals surface area contributed by atoms with Crippen LogP contribution in [0.1, 0.15) is 6.42 Å². The first-order chi connectivity index (χ1) is 7.86. The lowest BCUT2D eigenvalue weighted by atomic mass is 10.3. The smallest absolute Gasteiger partial charge is 0.136 e. The Hall–Kier alpha value is -0.843. The topological polar surface area (TPSA) is 30.5 Å². The van der Waals surface area contributed by atoms with E-state index in [1.165, 1.54) is 5.69 Å².